The second kappa shape index (κ2) is 6.67. The van der Waals surface area contributed by atoms with Crippen molar-refractivity contribution in [2.45, 2.75) is 23.7 Å². The number of carbonyl (C=O) groups is 2. The third kappa shape index (κ3) is 2.86. The Labute approximate surface area is 165 Å². The van der Waals surface area contributed by atoms with Gasteiger partial charge < -0.3 is 14.1 Å². The summed E-state index contributed by atoms with van der Waals surface area (Å²) in [6, 6.07) is 15.0. The highest BCUT2D eigenvalue weighted by Gasteiger charge is 2.48. The fourth-order valence-electron chi connectivity index (χ4n) is 4.01. The van der Waals surface area contributed by atoms with E-state index in [9.17, 15) is 9.59 Å². The van der Waals surface area contributed by atoms with Gasteiger partial charge in [0.1, 0.15) is 5.52 Å². The smallest absolute Gasteiger partial charge is 0.339 e. The van der Waals surface area contributed by atoms with Crippen LogP contribution in [0.15, 0.2) is 58.2 Å². The van der Waals surface area contributed by atoms with Gasteiger partial charge in [-0.15, -0.1) is 0 Å². The Kier molecular flexibility index (Phi) is 4.12. The van der Waals surface area contributed by atoms with Crippen LogP contribution in [0.1, 0.15) is 28.8 Å². The minimum atomic E-state index is -0.718. The first-order chi connectivity index (χ1) is 13.6. The van der Waals surface area contributed by atoms with Crippen LogP contribution < -0.4 is 0 Å². The number of benzene rings is 2. The van der Waals surface area contributed by atoms with Gasteiger partial charge in [-0.25, -0.2) is 9.78 Å². The van der Waals surface area contributed by atoms with Crippen LogP contribution in [0.3, 0.4) is 0 Å². The number of likely N-dealkylation sites (tertiary alicyclic amines) is 1. The normalized spacial score (nSPS) is 21.1. The van der Waals surface area contributed by atoms with Crippen LogP contribution in [0.4, 0.5) is 0 Å². The number of nitrogens with zero attached hydrogens (tertiary/aromatic N) is 2. The van der Waals surface area contributed by atoms with Crippen molar-refractivity contribution in [1.29, 1.82) is 0 Å². The summed E-state index contributed by atoms with van der Waals surface area (Å²) in [5.41, 5.74) is 2.28. The molecule has 1 unspecified atom stereocenters. The van der Waals surface area contributed by atoms with Gasteiger partial charge in [-0.05, 0) is 31.0 Å². The number of para-hydroxylation sites is 2. The Bertz CT molecular complexity index is 1050. The zero-order chi connectivity index (χ0) is 19.1. The number of oxazole rings is 1. The molecule has 2 aliphatic heterocycles. The third-order valence-corrected chi connectivity index (χ3v) is 6.14. The number of ether oxygens (including phenoxy) is 1. The fraction of sp³-hybridized carbons (Fsp3) is 0.286. The highest BCUT2D eigenvalue weighted by atomic mass is 32.2. The maximum Gasteiger partial charge on any atom is 0.339 e. The molecule has 1 atom stereocenters. The number of hydrogen-bond donors (Lipinski definition) is 0. The van der Waals surface area contributed by atoms with E-state index in [4.69, 9.17) is 9.15 Å². The molecule has 6 nitrogen and oxygen atoms in total. The largest absolute Gasteiger partial charge is 0.449 e. The molecule has 2 aromatic carbocycles. The topological polar surface area (TPSA) is 72.6 Å². The summed E-state index contributed by atoms with van der Waals surface area (Å²) in [4.78, 5) is 31.3. The summed E-state index contributed by atoms with van der Waals surface area (Å²) in [6.07, 6.45) is 1.53. The molecule has 5 rings (SSSR count). The Morgan fingerprint density at radius 2 is 2.00 bits per heavy atom. The Hall–Kier alpha value is -2.80. The third-order valence-electron chi connectivity index (χ3n) is 5.33. The second-order valence-corrected chi connectivity index (χ2v) is 8.01. The maximum absolute atomic E-state index is 12.8. The maximum atomic E-state index is 12.8. The van der Waals surface area contributed by atoms with Gasteiger partial charge in [0.05, 0.1) is 17.9 Å². The first-order valence-corrected chi connectivity index (χ1v) is 10.2. The highest BCUT2D eigenvalue weighted by Crippen LogP contribution is 2.42. The van der Waals surface area contributed by atoms with Gasteiger partial charge in [0.15, 0.2) is 11.2 Å². The zero-order valence-electron chi connectivity index (χ0n) is 15.1. The number of hydrogen-bond acceptors (Lipinski definition) is 6. The zero-order valence-corrected chi connectivity index (χ0v) is 15.9. The van der Waals surface area contributed by atoms with Crippen molar-refractivity contribution in [3.8, 4) is 0 Å². The minimum Gasteiger partial charge on any atom is -0.449 e. The van der Waals surface area contributed by atoms with Crippen molar-refractivity contribution in [2.75, 3.05) is 18.8 Å². The molecule has 0 N–H and O–H groups in total. The molecule has 1 spiro atoms. The molecule has 1 aromatic heterocycles. The summed E-state index contributed by atoms with van der Waals surface area (Å²) < 4.78 is 11.4. The number of rotatable bonds is 3. The summed E-state index contributed by atoms with van der Waals surface area (Å²) in [7, 11) is 0. The van der Waals surface area contributed by atoms with Crippen LogP contribution in [0.5, 0.6) is 0 Å². The molecule has 1 fully saturated rings. The predicted octanol–water partition coefficient (Wildman–Crippen LogP) is 3.61. The average molecular weight is 394 g/mol. The van der Waals surface area contributed by atoms with Gasteiger partial charge in [0, 0.05) is 12.1 Å². The lowest BCUT2D eigenvalue weighted by Crippen LogP contribution is -2.49. The van der Waals surface area contributed by atoms with Crippen LogP contribution in [0.25, 0.3) is 11.1 Å². The van der Waals surface area contributed by atoms with Crippen LogP contribution in [0, 0.1) is 0 Å². The summed E-state index contributed by atoms with van der Waals surface area (Å²) in [5, 5.41) is 0.485. The molecule has 7 heteroatoms. The van der Waals surface area contributed by atoms with E-state index in [1.165, 1.54) is 11.8 Å². The number of fused-ring (bicyclic) bond motifs is 3. The van der Waals surface area contributed by atoms with Crippen molar-refractivity contribution in [3.63, 3.8) is 0 Å². The van der Waals surface area contributed by atoms with Crippen LogP contribution in [-0.2, 0) is 15.1 Å². The molecular weight excluding hydrogens is 376 g/mol. The number of thioether (sulfide) groups is 1. The van der Waals surface area contributed by atoms with E-state index in [0.717, 1.165) is 23.9 Å². The first kappa shape index (κ1) is 17.3. The lowest BCUT2D eigenvalue weighted by atomic mass is 9.85. The van der Waals surface area contributed by atoms with E-state index in [1.807, 2.05) is 42.5 Å². The monoisotopic (exact) mass is 394 g/mol. The fourth-order valence-corrected chi connectivity index (χ4v) is 4.75. The van der Waals surface area contributed by atoms with Crippen molar-refractivity contribution in [1.82, 2.24) is 9.88 Å². The van der Waals surface area contributed by atoms with Gasteiger partial charge in [0.2, 0.25) is 5.91 Å². The van der Waals surface area contributed by atoms with Crippen molar-refractivity contribution < 1.29 is 18.7 Å². The van der Waals surface area contributed by atoms with Crippen molar-refractivity contribution in [3.05, 3.63) is 59.7 Å². The van der Waals surface area contributed by atoms with E-state index in [0.29, 0.717) is 29.5 Å². The van der Waals surface area contributed by atoms with E-state index in [-0.39, 0.29) is 17.6 Å². The lowest BCUT2D eigenvalue weighted by molar-refractivity contribution is -0.135. The molecular formula is C21H18N2O4S. The van der Waals surface area contributed by atoms with Crippen LogP contribution in [0.2, 0.25) is 0 Å². The SMILES string of the molecule is O=C1OC2(CCCN(C(=O)CSc3nc4ccccc4o3)C2)c2ccccc21. The molecule has 0 radical (unpaired) electrons. The molecule has 3 heterocycles. The summed E-state index contributed by atoms with van der Waals surface area (Å²) in [6.45, 7) is 1.05. The van der Waals surface area contributed by atoms with Gasteiger partial charge >= 0.3 is 5.97 Å². The highest BCUT2D eigenvalue weighted by molar-refractivity contribution is 7.99. The molecule has 3 aromatic rings. The van der Waals surface area contributed by atoms with Gasteiger partial charge in [-0.3, -0.25) is 4.79 Å². The van der Waals surface area contributed by atoms with Gasteiger partial charge in [-0.1, -0.05) is 42.1 Å². The second-order valence-electron chi connectivity index (χ2n) is 7.08. The first-order valence-electron chi connectivity index (χ1n) is 9.24. The number of piperidine rings is 1. The number of amides is 1. The molecule has 0 bridgehead atoms. The number of carbonyl (C=O) groups excluding carboxylic acids is 2. The van der Waals surface area contributed by atoms with Crippen molar-refractivity contribution in [2.24, 2.45) is 0 Å². The van der Waals surface area contributed by atoms with Crippen molar-refractivity contribution >= 4 is 34.7 Å². The Morgan fingerprint density at radius 1 is 1.18 bits per heavy atom. The quantitative estimate of drug-likeness (QED) is 0.499. The molecule has 142 valence electrons. The van der Waals surface area contributed by atoms with E-state index < -0.39 is 5.60 Å². The lowest BCUT2D eigenvalue weighted by Gasteiger charge is -2.39. The van der Waals surface area contributed by atoms with Crippen LogP contribution >= 0.6 is 11.8 Å². The number of aromatic nitrogens is 1. The Morgan fingerprint density at radius 3 is 2.89 bits per heavy atom. The van der Waals surface area contributed by atoms with Gasteiger partial charge in [0.25, 0.3) is 5.22 Å². The average Bonchev–Trinajstić information content (AvgIpc) is 3.25. The summed E-state index contributed by atoms with van der Waals surface area (Å²) >= 11 is 1.29. The standard InChI is InChI=1S/C21H18N2O4S/c24-18(12-28-20-22-16-8-3-4-9-17(16)26-20)23-11-5-10-21(13-23)15-7-2-1-6-14(15)19(25)27-21/h1-4,6-9H,5,10-13H2. The molecule has 0 saturated carbocycles. The Balaban J connectivity index is 1.30. The predicted molar refractivity (Wildman–Crippen MR) is 104 cm³/mol. The van der Waals surface area contributed by atoms with Crippen LogP contribution in [-0.4, -0.2) is 40.6 Å². The molecule has 2 aliphatic rings. The molecule has 0 aliphatic carbocycles. The molecule has 1 saturated heterocycles. The van der Waals surface area contributed by atoms with Gasteiger partial charge in [-0.2, -0.15) is 0 Å². The molecule has 1 amide bonds. The minimum absolute atomic E-state index is 0.00763. The van der Waals surface area contributed by atoms with E-state index >= 15 is 0 Å². The number of esters is 1. The summed E-state index contributed by atoms with van der Waals surface area (Å²) in [5.74, 6) is -0.0732. The molecule has 28 heavy (non-hydrogen) atoms. The van der Waals surface area contributed by atoms with E-state index in [2.05, 4.69) is 4.98 Å². The van der Waals surface area contributed by atoms with E-state index in [1.54, 1.807) is 11.0 Å².